The normalized spacial score (nSPS) is 15.6. The molecule has 1 aliphatic rings. The van der Waals surface area contributed by atoms with Crippen LogP contribution in [0, 0.1) is 13.8 Å². The maximum Gasteiger partial charge on any atom is 0.262 e. The van der Waals surface area contributed by atoms with Crippen molar-refractivity contribution in [2.75, 3.05) is 51.0 Å². The Morgan fingerprint density at radius 2 is 1.71 bits per heavy atom. The number of rotatable bonds is 8. The van der Waals surface area contributed by atoms with Crippen LogP contribution in [-0.4, -0.2) is 70.4 Å². The highest BCUT2D eigenvalue weighted by molar-refractivity contribution is 7.92. The number of carbonyl (C=O) groups excluding carboxylic acids is 1. The number of nitrogens with zero attached hydrogens (tertiary/aromatic N) is 2. The molecule has 31 heavy (non-hydrogen) atoms. The Hall–Kier alpha value is -2.42. The zero-order valence-corrected chi connectivity index (χ0v) is 19.3. The molecular weight excluding hydrogens is 412 g/mol. The van der Waals surface area contributed by atoms with Crippen LogP contribution in [0.1, 0.15) is 27.9 Å². The Bertz CT molecular complexity index is 1020. The van der Waals surface area contributed by atoms with Gasteiger partial charge < -0.3 is 15.1 Å². The Balaban J connectivity index is 1.60. The first kappa shape index (κ1) is 23.2. The molecule has 0 atom stereocenters. The van der Waals surface area contributed by atoms with Crippen molar-refractivity contribution in [3.05, 3.63) is 59.2 Å². The van der Waals surface area contributed by atoms with Crippen molar-refractivity contribution in [3.8, 4) is 0 Å². The molecule has 0 spiro atoms. The summed E-state index contributed by atoms with van der Waals surface area (Å²) in [6.45, 7) is 9.33. The number of likely N-dealkylation sites (N-methyl/N-ethyl adjacent to an activating group) is 1. The van der Waals surface area contributed by atoms with Crippen molar-refractivity contribution in [1.82, 2.24) is 15.1 Å². The van der Waals surface area contributed by atoms with Crippen LogP contribution in [0.4, 0.5) is 5.69 Å². The van der Waals surface area contributed by atoms with E-state index in [1.54, 1.807) is 31.2 Å². The van der Waals surface area contributed by atoms with E-state index in [9.17, 15) is 13.2 Å². The van der Waals surface area contributed by atoms with Crippen molar-refractivity contribution in [3.63, 3.8) is 0 Å². The van der Waals surface area contributed by atoms with Gasteiger partial charge in [0.15, 0.2) is 0 Å². The van der Waals surface area contributed by atoms with Crippen molar-refractivity contribution < 1.29 is 13.2 Å². The molecule has 0 bridgehead atoms. The zero-order valence-electron chi connectivity index (χ0n) is 18.5. The lowest BCUT2D eigenvalue weighted by Gasteiger charge is -2.32. The minimum Gasteiger partial charge on any atom is -0.352 e. The van der Waals surface area contributed by atoms with E-state index >= 15 is 0 Å². The van der Waals surface area contributed by atoms with Gasteiger partial charge in [0.05, 0.1) is 10.6 Å². The number of carbonyl (C=O) groups is 1. The maximum absolute atomic E-state index is 13.0. The zero-order chi connectivity index (χ0) is 22.4. The van der Waals surface area contributed by atoms with E-state index in [1.807, 2.05) is 19.1 Å². The summed E-state index contributed by atoms with van der Waals surface area (Å²) < 4.78 is 28.5. The highest BCUT2D eigenvalue weighted by Gasteiger charge is 2.20. The van der Waals surface area contributed by atoms with Gasteiger partial charge in [0, 0.05) is 38.3 Å². The summed E-state index contributed by atoms with van der Waals surface area (Å²) in [7, 11) is -1.68. The summed E-state index contributed by atoms with van der Waals surface area (Å²) in [4.78, 5) is 17.4. The molecule has 168 valence electrons. The molecule has 1 saturated heterocycles. The summed E-state index contributed by atoms with van der Waals surface area (Å²) in [6.07, 6.45) is 0.862. The molecule has 0 radical (unpaired) electrons. The van der Waals surface area contributed by atoms with Crippen molar-refractivity contribution in [2.24, 2.45) is 0 Å². The standard InChI is InChI=1S/C23H32N4O3S/c1-18-7-4-5-8-21(18)25-31(29,30)22-17-20(10-9-19(22)2)23(28)24-11-6-12-27-15-13-26(3)14-16-27/h4-5,7-10,17,25H,6,11-16H2,1-3H3,(H,24,28). The molecule has 1 heterocycles. The van der Waals surface area contributed by atoms with Gasteiger partial charge >= 0.3 is 0 Å². The minimum atomic E-state index is -3.81. The third-order valence-electron chi connectivity index (χ3n) is 5.66. The molecule has 8 heteroatoms. The van der Waals surface area contributed by atoms with Gasteiger partial charge in [0.1, 0.15) is 0 Å². The van der Waals surface area contributed by atoms with Crippen LogP contribution < -0.4 is 10.0 Å². The molecule has 1 aliphatic heterocycles. The number of hydrogen-bond acceptors (Lipinski definition) is 5. The van der Waals surface area contributed by atoms with Gasteiger partial charge in [-0.25, -0.2) is 8.42 Å². The number of piperazine rings is 1. The number of anilines is 1. The second-order valence-corrected chi connectivity index (χ2v) is 9.81. The molecule has 0 saturated carbocycles. The number of benzene rings is 2. The molecule has 7 nitrogen and oxygen atoms in total. The third kappa shape index (κ3) is 6.29. The number of nitrogens with one attached hydrogen (secondary N) is 2. The molecule has 2 N–H and O–H groups in total. The SMILES string of the molecule is Cc1ccccc1NS(=O)(=O)c1cc(C(=O)NCCCN2CCN(C)CC2)ccc1C. The van der Waals surface area contributed by atoms with E-state index in [0.29, 0.717) is 23.4 Å². The summed E-state index contributed by atoms with van der Waals surface area (Å²) >= 11 is 0. The number of amides is 1. The molecular formula is C23H32N4O3S. The van der Waals surface area contributed by atoms with E-state index < -0.39 is 10.0 Å². The lowest BCUT2D eigenvalue weighted by atomic mass is 10.1. The van der Waals surface area contributed by atoms with Crippen LogP contribution in [0.15, 0.2) is 47.4 Å². The average Bonchev–Trinajstić information content (AvgIpc) is 2.74. The van der Waals surface area contributed by atoms with Crippen LogP contribution in [-0.2, 0) is 10.0 Å². The fourth-order valence-electron chi connectivity index (χ4n) is 3.60. The maximum atomic E-state index is 13.0. The van der Waals surface area contributed by atoms with Crippen LogP contribution in [0.25, 0.3) is 0 Å². The minimum absolute atomic E-state index is 0.112. The van der Waals surface area contributed by atoms with Gasteiger partial charge in [-0.2, -0.15) is 0 Å². The van der Waals surface area contributed by atoms with E-state index in [4.69, 9.17) is 0 Å². The van der Waals surface area contributed by atoms with E-state index in [0.717, 1.165) is 44.7 Å². The molecule has 0 aliphatic carbocycles. The van der Waals surface area contributed by atoms with Gasteiger partial charge in [-0.1, -0.05) is 24.3 Å². The number of sulfonamides is 1. The first-order valence-corrected chi connectivity index (χ1v) is 12.1. The monoisotopic (exact) mass is 444 g/mol. The number of para-hydroxylation sites is 1. The summed E-state index contributed by atoms with van der Waals surface area (Å²) in [5, 5.41) is 2.91. The number of hydrogen-bond donors (Lipinski definition) is 2. The summed E-state index contributed by atoms with van der Waals surface area (Å²) in [5.74, 6) is -0.259. The van der Waals surface area contributed by atoms with E-state index in [1.165, 1.54) is 6.07 Å². The largest absolute Gasteiger partial charge is 0.352 e. The van der Waals surface area contributed by atoms with Gasteiger partial charge in [-0.3, -0.25) is 9.52 Å². The van der Waals surface area contributed by atoms with Crippen molar-refractivity contribution in [1.29, 1.82) is 0 Å². The van der Waals surface area contributed by atoms with E-state index in [-0.39, 0.29) is 10.8 Å². The Morgan fingerprint density at radius 1 is 1.00 bits per heavy atom. The second-order valence-electron chi connectivity index (χ2n) is 8.16. The third-order valence-corrected chi connectivity index (χ3v) is 7.17. The Kier molecular flexibility index (Phi) is 7.69. The smallest absolute Gasteiger partial charge is 0.262 e. The lowest BCUT2D eigenvalue weighted by Crippen LogP contribution is -2.45. The second kappa shape index (κ2) is 10.3. The highest BCUT2D eigenvalue weighted by Crippen LogP contribution is 2.22. The van der Waals surface area contributed by atoms with Crippen molar-refractivity contribution in [2.45, 2.75) is 25.2 Å². The predicted molar refractivity (Wildman–Crippen MR) is 124 cm³/mol. The molecule has 1 fully saturated rings. The number of aryl methyl sites for hydroxylation is 2. The average molecular weight is 445 g/mol. The predicted octanol–water partition coefficient (Wildman–Crippen LogP) is 2.47. The topological polar surface area (TPSA) is 81.7 Å². The highest BCUT2D eigenvalue weighted by atomic mass is 32.2. The van der Waals surface area contributed by atoms with Gasteiger partial charge in [0.2, 0.25) is 0 Å². The fraction of sp³-hybridized carbons (Fsp3) is 0.435. The molecule has 1 amide bonds. The molecule has 3 rings (SSSR count). The van der Waals surface area contributed by atoms with Gasteiger partial charge in [-0.05, 0) is 63.2 Å². The molecule has 2 aromatic rings. The first-order chi connectivity index (χ1) is 14.8. The Labute approximate surface area is 185 Å². The van der Waals surface area contributed by atoms with Crippen LogP contribution in [0.5, 0.6) is 0 Å². The van der Waals surface area contributed by atoms with Gasteiger partial charge in [0.25, 0.3) is 15.9 Å². The van der Waals surface area contributed by atoms with Crippen molar-refractivity contribution >= 4 is 21.6 Å². The quantitative estimate of drug-likeness (QED) is 0.612. The van der Waals surface area contributed by atoms with Gasteiger partial charge in [-0.15, -0.1) is 0 Å². The Morgan fingerprint density at radius 3 is 2.42 bits per heavy atom. The molecule has 0 aromatic heterocycles. The first-order valence-electron chi connectivity index (χ1n) is 10.6. The van der Waals surface area contributed by atoms with E-state index in [2.05, 4.69) is 26.9 Å². The summed E-state index contributed by atoms with van der Waals surface area (Å²) in [6, 6.07) is 12.0. The summed E-state index contributed by atoms with van der Waals surface area (Å²) in [5.41, 5.74) is 2.29. The molecule has 2 aromatic carbocycles. The van der Waals surface area contributed by atoms with Crippen LogP contribution in [0.2, 0.25) is 0 Å². The molecule has 0 unspecified atom stereocenters. The van der Waals surface area contributed by atoms with Crippen LogP contribution in [0.3, 0.4) is 0 Å². The van der Waals surface area contributed by atoms with Crippen LogP contribution >= 0.6 is 0 Å². The fourth-order valence-corrected chi connectivity index (χ4v) is 5.00. The lowest BCUT2D eigenvalue weighted by molar-refractivity contribution is 0.0949.